The highest BCUT2D eigenvalue weighted by Crippen LogP contribution is 2.42. The summed E-state index contributed by atoms with van der Waals surface area (Å²) in [7, 11) is 1.25. The molecule has 0 unspecified atom stereocenters. The maximum Gasteiger partial charge on any atom is 0.407 e. The van der Waals surface area contributed by atoms with Crippen molar-refractivity contribution in [2.45, 2.75) is 71.6 Å². The zero-order chi connectivity index (χ0) is 27.1. The number of anilines is 1. The van der Waals surface area contributed by atoms with Crippen LogP contribution in [0.3, 0.4) is 0 Å². The first-order valence-corrected chi connectivity index (χ1v) is 12.7. The van der Waals surface area contributed by atoms with Crippen molar-refractivity contribution in [2.75, 3.05) is 31.7 Å². The van der Waals surface area contributed by atoms with Crippen LogP contribution < -0.4 is 20.5 Å². The third kappa shape index (κ3) is 5.83. The SMILES string of the molecule is COC(=O)COc1cc(=O)n(C2CC2)c2c(C)c(N3CC[C@@H]([C@H](C)NC(=O)OC(C)(C)C)C3)c(F)cc12. The molecule has 1 aromatic carbocycles. The van der Waals surface area contributed by atoms with E-state index in [1.54, 1.807) is 4.57 Å². The number of aryl methyl sites for hydroxylation is 1. The fourth-order valence-corrected chi connectivity index (χ4v) is 5.03. The van der Waals surface area contributed by atoms with E-state index in [1.165, 1.54) is 19.2 Å². The van der Waals surface area contributed by atoms with Gasteiger partial charge in [0, 0.05) is 36.6 Å². The Labute approximate surface area is 215 Å². The normalized spacial score (nSPS) is 18.6. The summed E-state index contributed by atoms with van der Waals surface area (Å²) in [5, 5.41) is 3.35. The number of esters is 1. The van der Waals surface area contributed by atoms with Gasteiger partial charge in [-0.3, -0.25) is 4.79 Å². The number of benzene rings is 1. The average molecular weight is 518 g/mol. The molecule has 1 saturated carbocycles. The average Bonchev–Trinajstić information content (AvgIpc) is 3.52. The molecule has 37 heavy (non-hydrogen) atoms. The number of hydrogen-bond donors (Lipinski definition) is 1. The quantitative estimate of drug-likeness (QED) is 0.553. The molecular formula is C27H36FN3O6. The van der Waals surface area contributed by atoms with Crippen molar-refractivity contribution in [3.8, 4) is 5.75 Å². The van der Waals surface area contributed by atoms with Crippen molar-refractivity contribution in [3.05, 3.63) is 33.9 Å². The maximum absolute atomic E-state index is 15.7. The molecule has 2 aromatic rings. The Morgan fingerprint density at radius 2 is 1.92 bits per heavy atom. The molecule has 2 aliphatic rings. The monoisotopic (exact) mass is 517 g/mol. The van der Waals surface area contributed by atoms with E-state index in [0.29, 0.717) is 35.2 Å². The zero-order valence-electron chi connectivity index (χ0n) is 22.4. The minimum absolute atomic E-state index is 0.0612. The summed E-state index contributed by atoms with van der Waals surface area (Å²) in [6.07, 6.45) is 2.05. The first-order valence-electron chi connectivity index (χ1n) is 12.7. The van der Waals surface area contributed by atoms with Gasteiger partial charge in [-0.05, 0) is 71.4 Å². The summed E-state index contributed by atoms with van der Waals surface area (Å²) in [4.78, 5) is 38.9. The van der Waals surface area contributed by atoms with E-state index >= 15 is 4.39 Å². The molecule has 4 rings (SSSR count). The zero-order valence-corrected chi connectivity index (χ0v) is 22.4. The van der Waals surface area contributed by atoms with Gasteiger partial charge in [-0.25, -0.2) is 14.0 Å². The number of pyridine rings is 1. The highest BCUT2D eigenvalue weighted by Gasteiger charge is 2.34. The first kappa shape index (κ1) is 26.8. The summed E-state index contributed by atoms with van der Waals surface area (Å²) in [6, 6.07) is 2.61. The van der Waals surface area contributed by atoms with E-state index in [2.05, 4.69) is 10.1 Å². The van der Waals surface area contributed by atoms with E-state index in [1.807, 2.05) is 39.5 Å². The van der Waals surface area contributed by atoms with E-state index in [-0.39, 0.29) is 35.9 Å². The van der Waals surface area contributed by atoms with Crippen LogP contribution >= 0.6 is 0 Å². The number of alkyl carbamates (subject to hydrolysis) is 1. The number of amides is 1. The Morgan fingerprint density at radius 1 is 1.22 bits per heavy atom. The second-order valence-electron chi connectivity index (χ2n) is 11.0. The maximum atomic E-state index is 15.7. The van der Waals surface area contributed by atoms with Crippen LogP contribution in [0.1, 0.15) is 58.6 Å². The lowest BCUT2D eigenvalue weighted by Gasteiger charge is -2.27. The number of fused-ring (bicyclic) bond motifs is 1. The van der Waals surface area contributed by atoms with Gasteiger partial charge in [0.1, 0.15) is 17.2 Å². The fourth-order valence-electron chi connectivity index (χ4n) is 5.03. The summed E-state index contributed by atoms with van der Waals surface area (Å²) in [6.45, 7) is 9.97. The number of nitrogens with one attached hydrogen (secondary N) is 1. The van der Waals surface area contributed by atoms with Gasteiger partial charge >= 0.3 is 12.1 Å². The molecule has 0 spiro atoms. The number of methoxy groups -OCH3 is 1. The van der Waals surface area contributed by atoms with Crippen molar-refractivity contribution >= 4 is 28.7 Å². The number of halogens is 1. The molecule has 2 atom stereocenters. The number of hydrogen-bond acceptors (Lipinski definition) is 7. The number of carbonyl (C=O) groups is 2. The van der Waals surface area contributed by atoms with Gasteiger partial charge in [0.2, 0.25) is 0 Å². The molecule has 202 valence electrons. The second kappa shape index (κ2) is 10.2. The topological polar surface area (TPSA) is 99.1 Å². The Bertz CT molecular complexity index is 1260. The third-order valence-electron chi connectivity index (χ3n) is 6.94. The van der Waals surface area contributed by atoms with Crippen LogP contribution in [0.4, 0.5) is 14.9 Å². The summed E-state index contributed by atoms with van der Waals surface area (Å²) in [5.41, 5.74) is 0.877. The van der Waals surface area contributed by atoms with Crippen molar-refractivity contribution < 1.29 is 28.2 Å². The number of rotatable bonds is 7. The highest BCUT2D eigenvalue weighted by atomic mass is 19.1. The minimum atomic E-state index is -0.592. The molecule has 1 amide bonds. The van der Waals surface area contributed by atoms with Crippen molar-refractivity contribution in [2.24, 2.45) is 5.92 Å². The minimum Gasteiger partial charge on any atom is -0.481 e. The Kier molecular flexibility index (Phi) is 7.39. The summed E-state index contributed by atoms with van der Waals surface area (Å²) in [5.74, 6) is -0.763. The lowest BCUT2D eigenvalue weighted by molar-refractivity contribution is -0.142. The van der Waals surface area contributed by atoms with Crippen LogP contribution in [0.2, 0.25) is 0 Å². The van der Waals surface area contributed by atoms with Gasteiger partial charge in [0.25, 0.3) is 5.56 Å². The molecule has 1 aliphatic carbocycles. The molecule has 1 aliphatic heterocycles. The summed E-state index contributed by atoms with van der Waals surface area (Å²) < 4.78 is 33.0. The van der Waals surface area contributed by atoms with Gasteiger partial charge in [-0.15, -0.1) is 0 Å². The van der Waals surface area contributed by atoms with Gasteiger partial charge in [-0.1, -0.05) is 0 Å². The molecular weight excluding hydrogens is 481 g/mol. The second-order valence-corrected chi connectivity index (χ2v) is 11.0. The largest absolute Gasteiger partial charge is 0.481 e. The number of nitrogens with zero attached hydrogens (tertiary/aromatic N) is 2. The van der Waals surface area contributed by atoms with E-state index in [4.69, 9.17) is 9.47 Å². The van der Waals surface area contributed by atoms with Crippen LogP contribution in [0, 0.1) is 18.7 Å². The van der Waals surface area contributed by atoms with Crippen LogP contribution in [0.25, 0.3) is 10.9 Å². The van der Waals surface area contributed by atoms with Gasteiger partial charge in [-0.2, -0.15) is 0 Å². The van der Waals surface area contributed by atoms with E-state index in [9.17, 15) is 14.4 Å². The Hall–Kier alpha value is -3.30. The molecule has 0 bridgehead atoms. The number of carbonyl (C=O) groups excluding carboxylic acids is 2. The van der Waals surface area contributed by atoms with Crippen molar-refractivity contribution in [1.82, 2.24) is 9.88 Å². The van der Waals surface area contributed by atoms with Crippen LogP contribution in [-0.4, -0.2) is 55.1 Å². The van der Waals surface area contributed by atoms with E-state index < -0.39 is 23.5 Å². The van der Waals surface area contributed by atoms with Crippen LogP contribution in [-0.2, 0) is 14.3 Å². The molecule has 10 heteroatoms. The molecule has 1 N–H and O–H groups in total. The molecule has 2 heterocycles. The fraction of sp³-hybridized carbons (Fsp3) is 0.593. The Balaban J connectivity index is 1.65. The standard InChI is InChI=1S/C27H36FN3O6/c1-15-24-19(21(36-14-23(33)35-6)12-22(32)31(24)18-7-8-18)11-20(28)25(15)30-10-9-17(13-30)16(2)29-26(34)37-27(3,4)5/h11-12,16-18H,7-10,13-14H2,1-6H3,(H,29,34)/t16-,17+/m0/s1. The van der Waals surface area contributed by atoms with Crippen molar-refractivity contribution in [3.63, 3.8) is 0 Å². The van der Waals surface area contributed by atoms with Crippen molar-refractivity contribution in [1.29, 1.82) is 0 Å². The molecule has 1 aromatic heterocycles. The van der Waals surface area contributed by atoms with Crippen LogP contribution in [0.15, 0.2) is 16.9 Å². The van der Waals surface area contributed by atoms with Gasteiger partial charge < -0.3 is 29.0 Å². The Morgan fingerprint density at radius 3 is 2.54 bits per heavy atom. The third-order valence-corrected chi connectivity index (χ3v) is 6.94. The lowest BCUT2D eigenvalue weighted by Crippen LogP contribution is -2.42. The first-order chi connectivity index (χ1) is 17.4. The highest BCUT2D eigenvalue weighted by molar-refractivity contribution is 5.92. The molecule has 9 nitrogen and oxygen atoms in total. The predicted molar refractivity (Wildman–Crippen MR) is 138 cm³/mol. The van der Waals surface area contributed by atoms with Gasteiger partial charge in [0.05, 0.1) is 18.3 Å². The number of aromatic nitrogens is 1. The smallest absolute Gasteiger partial charge is 0.407 e. The summed E-state index contributed by atoms with van der Waals surface area (Å²) >= 11 is 0. The van der Waals surface area contributed by atoms with Gasteiger partial charge in [0.15, 0.2) is 6.61 Å². The molecule has 1 saturated heterocycles. The molecule has 0 radical (unpaired) electrons. The predicted octanol–water partition coefficient (Wildman–Crippen LogP) is 4.08. The number of ether oxygens (including phenoxy) is 3. The lowest BCUT2D eigenvalue weighted by atomic mass is 10.0. The molecule has 2 fully saturated rings. The van der Waals surface area contributed by atoms with Crippen LogP contribution in [0.5, 0.6) is 5.75 Å². The van der Waals surface area contributed by atoms with E-state index in [0.717, 1.165) is 19.3 Å².